The van der Waals surface area contributed by atoms with E-state index in [1.165, 1.54) is 12.8 Å². The second-order valence-electron chi connectivity index (χ2n) is 7.50. The number of hydrogen-bond acceptors (Lipinski definition) is 2. The Morgan fingerprint density at radius 3 is 2.88 bits per heavy atom. The maximum Gasteiger partial charge on any atom is 0.251 e. The van der Waals surface area contributed by atoms with Gasteiger partial charge in [0, 0.05) is 38.8 Å². The molecule has 1 aromatic rings. The maximum atomic E-state index is 11.8. The molecule has 5 heteroatoms. The van der Waals surface area contributed by atoms with E-state index >= 15 is 0 Å². The lowest BCUT2D eigenvalue weighted by Crippen LogP contribution is -2.40. The lowest BCUT2D eigenvalue weighted by atomic mass is 9.97. The molecule has 26 heavy (non-hydrogen) atoms. The number of amides is 1. The summed E-state index contributed by atoms with van der Waals surface area (Å²) in [5, 5.41) is 6.11. The molecule has 0 bridgehead atoms. The highest BCUT2D eigenvalue weighted by molar-refractivity contribution is 5.94. The average Bonchev–Trinajstić information content (AvgIpc) is 3.08. The topological polar surface area (TPSA) is 56.7 Å². The number of nitrogens with one attached hydrogen (secondary N) is 2. The largest absolute Gasteiger partial charge is 0.357 e. The van der Waals surface area contributed by atoms with Crippen molar-refractivity contribution in [3.63, 3.8) is 0 Å². The van der Waals surface area contributed by atoms with Gasteiger partial charge in [-0.2, -0.15) is 0 Å². The molecule has 1 atom stereocenters. The van der Waals surface area contributed by atoms with Crippen LogP contribution in [0.2, 0.25) is 0 Å². The zero-order chi connectivity index (χ0) is 18.9. The number of nitrogens with zero attached hydrogens (tertiary/aromatic N) is 2. The van der Waals surface area contributed by atoms with Crippen LogP contribution in [0.1, 0.15) is 49.5 Å². The van der Waals surface area contributed by atoms with Gasteiger partial charge in [-0.3, -0.25) is 9.79 Å². The van der Waals surface area contributed by atoms with Gasteiger partial charge in [-0.05, 0) is 55.7 Å². The molecule has 5 nitrogen and oxygen atoms in total. The number of carbonyl (C=O) groups is 1. The third-order valence-electron chi connectivity index (χ3n) is 4.80. The van der Waals surface area contributed by atoms with Gasteiger partial charge in [0.05, 0.1) is 0 Å². The summed E-state index contributed by atoms with van der Waals surface area (Å²) in [5.41, 5.74) is 1.85. The van der Waals surface area contributed by atoms with Gasteiger partial charge in [0.1, 0.15) is 0 Å². The molecule has 1 amide bonds. The lowest BCUT2D eigenvalue weighted by molar-refractivity contribution is 0.0963. The number of benzene rings is 1. The van der Waals surface area contributed by atoms with Gasteiger partial charge in [-0.25, -0.2) is 0 Å². The molecule has 144 valence electrons. The van der Waals surface area contributed by atoms with Crippen LogP contribution in [-0.2, 0) is 6.42 Å². The second-order valence-corrected chi connectivity index (χ2v) is 7.50. The van der Waals surface area contributed by atoms with E-state index in [1.54, 1.807) is 7.05 Å². The molecule has 1 unspecified atom stereocenters. The predicted octanol–water partition coefficient (Wildman–Crippen LogP) is 2.92. The number of aliphatic imine (C=N–C) groups is 1. The van der Waals surface area contributed by atoms with Crippen LogP contribution >= 0.6 is 0 Å². The summed E-state index contributed by atoms with van der Waals surface area (Å²) in [4.78, 5) is 19.0. The van der Waals surface area contributed by atoms with Crippen molar-refractivity contribution in [2.75, 3.05) is 33.2 Å². The number of carbonyl (C=O) groups excluding carboxylic acids is 1. The molecule has 0 saturated carbocycles. The summed E-state index contributed by atoms with van der Waals surface area (Å²) in [6, 6.07) is 7.79. The van der Waals surface area contributed by atoms with Gasteiger partial charge in [0.2, 0.25) is 0 Å². The normalized spacial score (nSPS) is 17.7. The van der Waals surface area contributed by atoms with Crippen LogP contribution in [0.15, 0.2) is 29.3 Å². The van der Waals surface area contributed by atoms with Crippen molar-refractivity contribution in [1.29, 1.82) is 0 Å². The van der Waals surface area contributed by atoms with Crippen LogP contribution in [-0.4, -0.2) is 50.0 Å². The highest BCUT2D eigenvalue weighted by Gasteiger charge is 2.25. The summed E-state index contributed by atoms with van der Waals surface area (Å²) in [6.07, 6.45) is 3.39. The van der Waals surface area contributed by atoms with E-state index in [9.17, 15) is 4.79 Å². The van der Waals surface area contributed by atoms with Crippen molar-refractivity contribution in [3.8, 4) is 0 Å². The van der Waals surface area contributed by atoms with Crippen LogP contribution in [0.25, 0.3) is 0 Å². The molecule has 1 aromatic carbocycles. The first-order valence-electron chi connectivity index (χ1n) is 9.87. The first-order chi connectivity index (χ1) is 12.5. The van der Waals surface area contributed by atoms with E-state index < -0.39 is 0 Å². The number of rotatable bonds is 7. The van der Waals surface area contributed by atoms with Crippen molar-refractivity contribution in [3.05, 3.63) is 35.4 Å². The van der Waals surface area contributed by atoms with Gasteiger partial charge in [0.25, 0.3) is 5.91 Å². The number of hydrogen-bond donors (Lipinski definition) is 2. The average molecular weight is 359 g/mol. The monoisotopic (exact) mass is 358 g/mol. The highest BCUT2D eigenvalue weighted by Crippen LogP contribution is 2.23. The van der Waals surface area contributed by atoms with E-state index in [4.69, 9.17) is 4.99 Å². The molecule has 2 N–H and O–H groups in total. The van der Waals surface area contributed by atoms with E-state index in [0.717, 1.165) is 56.0 Å². The minimum absolute atomic E-state index is 0.0445. The summed E-state index contributed by atoms with van der Waals surface area (Å²) in [6.45, 7) is 10.5. The first kappa shape index (κ1) is 20.3. The van der Waals surface area contributed by atoms with Crippen molar-refractivity contribution < 1.29 is 4.79 Å². The minimum Gasteiger partial charge on any atom is -0.357 e. The fourth-order valence-corrected chi connectivity index (χ4v) is 3.61. The molecule has 1 aliphatic heterocycles. The minimum atomic E-state index is -0.0445. The Hall–Kier alpha value is -2.04. The molecule has 1 heterocycles. The third kappa shape index (κ3) is 6.04. The molecule has 1 saturated heterocycles. The number of guanidine groups is 1. The fraction of sp³-hybridized carbons (Fsp3) is 0.619. The zero-order valence-electron chi connectivity index (χ0n) is 16.7. The van der Waals surface area contributed by atoms with E-state index in [1.807, 2.05) is 18.2 Å². The third-order valence-corrected chi connectivity index (χ3v) is 4.80. The van der Waals surface area contributed by atoms with Crippen LogP contribution in [0, 0.1) is 11.8 Å². The molecular weight excluding hydrogens is 324 g/mol. The fourth-order valence-electron chi connectivity index (χ4n) is 3.61. The summed E-state index contributed by atoms with van der Waals surface area (Å²) in [7, 11) is 1.66. The van der Waals surface area contributed by atoms with Gasteiger partial charge < -0.3 is 15.5 Å². The Morgan fingerprint density at radius 1 is 1.38 bits per heavy atom. The first-order valence-corrected chi connectivity index (χ1v) is 9.87. The van der Waals surface area contributed by atoms with Crippen molar-refractivity contribution >= 4 is 11.9 Å². The lowest BCUT2D eigenvalue weighted by Gasteiger charge is -2.22. The standard InChI is InChI=1S/C21H34N4O/c1-5-23-21(25-12-10-18(15-25)13-16(2)3)24-11-9-17-7-6-8-19(14-17)20(26)22-4/h6-8,14,16,18H,5,9-13,15H2,1-4H3,(H,22,26)(H,23,24). The van der Waals surface area contributed by atoms with Gasteiger partial charge in [-0.1, -0.05) is 26.0 Å². The molecule has 0 spiro atoms. The van der Waals surface area contributed by atoms with Gasteiger partial charge >= 0.3 is 0 Å². The summed E-state index contributed by atoms with van der Waals surface area (Å²) < 4.78 is 0. The zero-order valence-corrected chi connectivity index (χ0v) is 16.7. The van der Waals surface area contributed by atoms with Crippen molar-refractivity contribution in [2.24, 2.45) is 16.8 Å². The molecule has 0 radical (unpaired) electrons. The molecule has 1 aliphatic rings. The van der Waals surface area contributed by atoms with E-state index in [2.05, 4.69) is 42.4 Å². The second kappa shape index (κ2) is 10.2. The molecule has 2 rings (SSSR count). The number of likely N-dealkylation sites (tertiary alicyclic amines) is 1. The SMILES string of the molecule is CCNC(=NCCc1cccc(C(=O)NC)c1)N1CCC(CC(C)C)C1. The highest BCUT2D eigenvalue weighted by atomic mass is 16.1. The Kier molecular flexibility index (Phi) is 7.95. The molecule has 0 aliphatic carbocycles. The van der Waals surface area contributed by atoms with E-state index in [-0.39, 0.29) is 5.91 Å². The van der Waals surface area contributed by atoms with Crippen LogP contribution in [0.3, 0.4) is 0 Å². The van der Waals surface area contributed by atoms with Crippen LogP contribution < -0.4 is 10.6 Å². The summed E-state index contributed by atoms with van der Waals surface area (Å²) >= 11 is 0. The Morgan fingerprint density at radius 2 is 2.19 bits per heavy atom. The van der Waals surface area contributed by atoms with Gasteiger partial charge in [-0.15, -0.1) is 0 Å². The molecular formula is C21H34N4O. The Labute approximate surface area is 158 Å². The Bertz CT molecular complexity index is 612. The van der Waals surface area contributed by atoms with Crippen molar-refractivity contribution in [2.45, 2.75) is 40.0 Å². The molecule has 0 aromatic heterocycles. The van der Waals surface area contributed by atoms with Crippen LogP contribution in [0.4, 0.5) is 0 Å². The summed E-state index contributed by atoms with van der Waals surface area (Å²) in [5.74, 6) is 2.52. The maximum absolute atomic E-state index is 11.8. The smallest absolute Gasteiger partial charge is 0.251 e. The quantitative estimate of drug-likeness (QED) is 0.582. The van der Waals surface area contributed by atoms with Crippen LogP contribution in [0.5, 0.6) is 0 Å². The Balaban J connectivity index is 1.94. The van der Waals surface area contributed by atoms with Gasteiger partial charge in [0.15, 0.2) is 5.96 Å². The van der Waals surface area contributed by atoms with E-state index in [0.29, 0.717) is 5.56 Å². The molecule has 1 fully saturated rings. The van der Waals surface area contributed by atoms with Crippen molar-refractivity contribution in [1.82, 2.24) is 15.5 Å². The predicted molar refractivity (Wildman–Crippen MR) is 109 cm³/mol.